The molecule has 4 aromatic carbocycles. The molecular weight excluding hydrogens is 500 g/mol. The van der Waals surface area contributed by atoms with Crippen LogP contribution in [0.2, 0.25) is 5.02 Å². The number of aromatic hydroxyl groups is 1. The number of nitrogens with zero attached hydrogens (tertiary/aromatic N) is 1. The average molecular weight is 520 g/mol. The van der Waals surface area contributed by atoms with Crippen molar-refractivity contribution in [1.82, 2.24) is 0 Å². The summed E-state index contributed by atoms with van der Waals surface area (Å²) >= 11 is 9.38. The number of phenols is 1. The van der Waals surface area contributed by atoms with Gasteiger partial charge < -0.3 is 10.4 Å². The molecule has 0 spiro atoms. The van der Waals surface area contributed by atoms with E-state index in [1.807, 2.05) is 30.3 Å². The summed E-state index contributed by atoms with van der Waals surface area (Å²) in [7, 11) is 0. The number of anilines is 1. The highest BCUT2D eigenvalue weighted by molar-refractivity contribution is 9.10. The molecule has 4 rings (SSSR count). The van der Waals surface area contributed by atoms with Gasteiger partial charge in [0.05, 0.1) is 10.2 Å². The summed E-state index contributed by atoms with van der Waals surface area (Å²) < 4.78 is 0.622. The molecule has 0 aliphatic carbocycles. The van der Waals surface area contributed by atoms with Crippen molar-refractivity contribution in [3.63, 3.8) is 0 Å². The van der Waals surface area contributed by atoms with E-state index in [2.05, 4.69) is 38.4 Å². The second-order valence-electron chi connectivity index (χ2n) is 7.45. The van der Waals surface area contributed by atoms with E-state index < -0.39 is 0 Å². The van der Waals surface area contributed by atoms with Crippen molar-refractivity contribution in [2.45, 2.75) is 6.42 Å². The Bertz CT molecular complexity index is 1310. The number of phenolic OH excluding ortho intramolecular Hbond substituents is 1. The molecule has 164 valence electrons. The van der Waals surface area contributed by atoms with Crippen LogP contribution in [0.5, 0.6) is 5.75 Å². The first-order valence-corrected chi connectivity index (χ1v) is 11.4. The second kappa shape index (κ2) is 10.5. The minimum absolute atomic E-state index is 0.140. The summed E-state index contributed by atoms with van der Waals surface area (Å²) in [6, 6.07) is 27.9. The Labute approximate surface area is 205 Å². The zero-order valence-electron chi connectivity index (χ0n) is 17.5. The number of rotatable bonds is 6. The Balaban J connectivity index is 1.47. The first-order chi connectivity index (χ1) is 16.0. The monoisotopic (exact) mass is 518 g/mol. The maximum absolute atomic E-state index is 12.4. The number of halogens is 2. The molecule has 0 bridgehead atoms. The Hall–Kier alpha value is -3.41. The molecule has 0 saturated heterocycles. The summed E-state index contributed by atoms with van der Waals surface area (Å²) in [5.74, 6) is -0.0975. The largest absolute Gasteiger partial charge is 0.506 e. The molecule has 2 N–H and O–H groups in total. The van der Waals surface area contributed by atoms with Crippen molar-refractivity contribution in [2.75, 3.05) is 5.32 Å². The standard InChI is InChI=1S/C27H20BrClN2O2/c28-25-15-19(13-18-5-2-1-3-6-18)14-21(26(25)32)17-30-23-9-11-24(12-10-23)31-27(33)20-7-4-8-22(29)16-20/h1-12,14-17,32H,13H2,(H,31,33). The number of aliphatic imine (C=N–C) groups is 1. The molecule has 0 atom stereocenters. The van der Waals surface area contributed by atoms with Gasteiger partial charge in [0.2, 0.25) is 0 Å². The summed E-state index contributed by atoms with van der Waals surface area (Å²) in [5.41, 5.74) is 4.70. The van der Waals surface area contributed by atoms with Crippen molar-refractivity contribution in [3.05, 3.63) is 123 Å². The van der Waals surface area contributed by atoms with Crippen LogP contribution in [0.15, 0.2) is 100 Å². The predicted octanol–water partition coefficient (Wildman–Crippen LogP) is 7.40. The quantitative estimate of drug-likeness (QED) is 0.261. The molecule has 33 heavy (non-hydrogen) atoms. The molecule has 6 heteroatoms. The number of benzene rings is 4. The first-order valence-electron chi connectivity index (χ1n) is 10.2. The molecular formula is C27H20BrClN2O2. The van der Waals surface area contributed by atoms with Crippen LogP contribution in [0.3, 0.4) is 0 Å². The molecule has 0 aromatic heterocycles. The number of carbonyl (C=O) groups excluding carboxylic acids is 1. The smallest absolute Gasteiger partial charge is 0.255 e. The van der Waals surface area contributed by atoms with Crippen LogP contribution in [0, 0.1) is 0 Å². The van der Waals surface area contributed by atoms with Crippen LogP contribution in [0.1, 0.15) is 27.0 Å². The Morgan fingerprint density at radius 1 is 0.939 bits per heavy atom. The zero-order valence-corrected chi connectivity index (χ0v) is 19.8. The van der Waals surface area contributed by atoms with Crippen LogP contribution < -0.4 is 5.32 Å². The first kappa shape index (κ1) is 22.8. The number of amides is 1. The number of carbonyl (C=O) groups is 1. The van der Waals surface area contributed by atoms with E-state index in [-0.39, 0.29) is 11.7 Å². The van der Waals surface area contributed by atoms with Crippen molar-refractivity contribution < 1.29 is 9.90 Å². The molecule has 0 heterocycles. The summed E-state index contributed by atoms with van der Waals surface area (Å²) in [6.45, 7) is 0. The molecule has 0 saturated carbocycles. The molecule has 1 amide bonds. The molecule has 4 aromatic rings. The fraction of sp³-hybridized carbons (Fsp3) is 0.0370. The maximum Gasteiger partial charge on any atom is 0.255 e. The van der Waals surface area contributed by atoms with Crippen molar-refractivity contribution in [3.8, 4) is 5.75 Å². The van der Waals surface area contributed by atoms with Crippen LogP contribution in [-0.4, -0.2) is 17.2 Å². The number of nitrogens with one attached hydrogen (secondary N) is 1. The van der Waals surface area contributed by atoms with Gasteiger partial charge in [0.1, 0.15) is 5.75 Å². The van der Waals surface area contributed by atoms with Crippen LogP contribution in [-0.2, 0) is 6.42 Å². The highest BCUT2D eigenvalue weighted by Gasteiger charge is 2.09. The van der Waals surface area contributed by atoms with Crippen molar-refractivity contribution in [2.24, 2.45) is 4.99 Å². The summed E-state index contributed by atoms with van der Waals surface area (Å²) in [5, 5.41) is 13.8. The lowest BCUT2D eigenvalue weighted by Gasteiger charge is -2.08. The fourth-order valence-electron chi connectivity index (χ4n) is 3.32. The maximum atomic E-state index is 12.4. The fourth-order valence-corrected chi connectivity index (χ4v) is 4.03. The predicted molar refractivity (Wildman–Crippen MR) is 138 cm³/mol. The SMILES string of the molecule is O=C(Nc1ccc(N=Cc2cc(Cc3ccccc3)cc(Br)c2O)cc1)c1cccc(Cl)c1. The lowest BCUT2D eigenvalue weighted by Crippen LogP contribution is -2.11. The third-order valence-corrected chi connectivity index (χ3v) is 5.81. The second-order valence-corrected chi connectivity index (χ2v) is 8.74. The van der Waals surface area contributed by atoms with E-state index in [1.165, 1.54) is 5.56 Å². The minimum Gasteiger partial charge on any atom is -0.506 e. The van der Waals surface area contributed by atoms with E-state index in [0.29, 0.717) is 32.0 Å². The van der Waals surface area contributed by atoms with E-state index >= 15 is 0 Å². The van der Waals surface area contributed by atoms with Gasteiger partial charge in [-0.05, 0) is 88.1 Å². The third kappa shape index (κ3) is 6.09. The van der Waals surface area contributed by atoms with Gasteiger partial charge in [0.15, 0.2) is 0 Å². The zero-order chi connectivity index (χ0) is 23.2. The van der Waals surface area contributed by atoms with Gasteiger partial charge in [-0.1, -0.05) is 48.0 Å². The van der Waals surface area contributed by atoms with Gasteiger partial charge in [-0.2, -0.15) is 0 Å². The van der Waals surface area contributed by atoms with Crippen LogP contribution >= 0.6 is 27.5 Å². The minimum atomic E-state index is -0.237. The topological polar surface area (TPSA) is 61.7 Å². The van der Waals surface area contributed by atoms with Gasteiger partial charge in [-0.3, -0.25) is 9.79 Å². The van der Waals surface area contributed by atoms with Crippen molar-refractivity contribution >= 4 is 51.0 Å². The van der Waals surface area contributed by atoms with Gasteiger partial charge >= 0.3 is 0 Å². The van der Waals surface area contributed by atoms with Crippen LogP contribution in [0.4, 0.5) is 11.4 Å². The van der Waals surface area contributed by atoms with E-state index in [9.17, 15) is 9.90 Å². The Kier molecular flexibility index (Phi) is 7.23. The van der Waals surface area contributed by atoms with E-state index in [1.54, 1.807) is 54.7 Å². The average Bonchev–Trinajstić information content (AvgIpc) is 2.82. The lowest BCUT2D eigenvalue weighted by molar-refractivity contribution is 0.102. The molecule has 0 fully saturated rings. The third-order valence-electron chi connectivity index (χ3n) is 4.97. The van der Waals surface area contributed by atoms with Gasteiger partial charge in [-0.15, -0.1) is 0 Å². The lowest BCUT2D eigenvalue weighted by atomic mass is 10.0. The van der Waals surface area contributed by atoms with E-state index in [4.69, 9.17) is 11.6 Å². The number of hydrogen-bond donors (Lipinski definition) is 2. The van der Waals surface area contributed by atoms with E-state index in [0.717, 1.165) is 12.0 Å². The van der Waals surface area contributed by atoms with Gasteiger partial charge in [-0.25, -0.2) is 0 Å². The molecule has 0 radical (unpaired) electrons. The summed E-state index contributed by atoms with van der Waals surface area (Å²) in [4.78, 5) is 16.8. The Morgan fingerprint density at radius 3 is 2.42 bits per heavy atom. The number of hydrogen-bond acceptors (Lipinski definition) is 3. The van der Waals surface area contributed by atoms with Gasteiger partial charge in [0.25, 0.3) is 5.91 Å². The van der Waals surface area contributed by atoms with Crippen molar-refractivity contribution in [1.29, 1.82) is 0 Å². The molecule has 0 aliphatic rings. The highest BCUT2D eigenvalue weighted by atomic mass is 79.9. The normalized spacial score (nSPS) is 11.0. The molecule has 0 unspecified atom stereocenters. The molecule has 4 nitrogen and oxygen atoms in total. The Morgan fingerprint density at radius 2 is 1.70 bits per heavy atom. The van der Waals surface area contributed by atoms with Crippen LogP contribution in [0.25, 0.3) is 0 Å². The molecule has 0 aliphatic heterocycles. The highest BCUT2D eigenvalue weighted by Crippen LogP contribution is 2.30. The van der Waals surface area contributed by atoms with Gasteiger partial charge in [0, 0.05) is 28.1 Å². The summed E-state index contributed by atoms with van der Waals surface area (Å²) in [6.07, 6.45) is 2.38.